The molecule has 178 valence electrons. The molecule has 0 aromatic carbocycles. The van der Waals surface area contributed by atoms with Crippen LogP contribution in [0.3, 0.4) is 0 Å². The molecule has 11 heteroatoms. The number of hydrogen-bond donors (Lipinski definition) is 2. The fourth-order valence-electron chi connectivity index (χ4n) is 2.39. The van der Waals surface area contributed by atoms with Crippen molar-refractivity contribution in [1.29, 1.82) is 0 Å². The van der Waals surface area contributed by atoms with Crippen LogP contribution >= 0.6 is 0 Å². The van der Waals surface area contributed by atoms with Crippen molar-refractivity contribution < 1.29 is 27.8 Å². The van der Waals surface area contributed by atoms with Gasteiger partial charge < -0.3 is 14.8 Å². The van der Waals surface area contributed by atoms with Crippen LogP contribution in [0.5, 0.6) is 11.8 Å². The standard InChI is InChI=1S/C22H27F2N5O4/c1-12(2)18(30)29-21-26-14(5)9-16(27-21)19(31)25-10-15-7-8-17(28-20(15)32-6)33-11-22(23,24)13(3)4/h7-9,12H,3,10-11H2,1-2,4-6H3,(H,25,31)(H,26,27,29,30). The summed E-state index contributed by atoms with van der Waals surface area (Å²) in [6, 6.07) is 4.42. The minimum absolute atomic E-state index is 0.0218. The van der Waals surface area contributed by atoms with E-state index in [4.69, 9.17) is 9.47 Å². The summed E-state index contributed by atoms with van der Waals surface area (Å²) < 4.78 is 37.6. The molecule has 0 aliphatic heterocycles. The molecule has 0 aliphatic rings. The van der Waals surface area contributed by atoms with Gasteiger partial charge in [-0.15, -0.1) is 0 Å². The molecule has 0 saturated carbocycles. The molecule has 2 aromatic heterocycles. The summed E-state index contributed by atoms with van der Waals surface area (Å²) in [6.45, 7) is 8.69. The second kappa shape index (κ2) is 10.8. The van der Waals surface area contributed by atoms with Gasteiger partial charge in [0.15, 0.2) is 6.61 Å². The molecule has 0 aliphatic carbocycles. The number of alkyl halides is 2. The zero-order chi connectivity index (χ0) is 24.8. The first-order valence-electron chi connectivity index (χ1n) is 10.1. The number of ether oxygens (including phenoxy) is 2. The Kier molecular flexibility index (Phi) is 8.38. The predicted octanol–water partition coefficient (Wildman–Crippen LogP) is 3.30. The molecule has 0 spiro atoms. The van der Waals surface area contributed by atoms with Gasteiger partial charge in [0, 0.05) is 29.8 Å². The van der Waals surface area contributed by atoms with Crippen molar-refractivity contribution >= 4 is 17.8 Å². The monoisotopic (exact) mass is 463 g/mol. The normalized spacial score (nSPS) is 11.2. The number of amides is 2. The number of aryl methyl sites for hydroxylation is 1. The summed E-state index contributed by atoms with van der Waals surface area (Å²) in [5.74, 6) is -4.16. The molecule has 2 N–H and O–H groups in total. The Morgan fingerprint density at radius 3 is 2.52 bits per heavy atom. The van der Waals surface area contributed by atoms with Crippen molar-refractivity contribution in [2.75, 3.05) is 19.0 Å². The van der Waals surface area contributed by atoms with Crippen molar-refractivity contribution in [3.8, 4) is 11.8 Å². The lowest BCUT2D eigenvalue weighted by atomic mass is 10.2. The zero-order valence-corrected chi connectivity index (χ0v) is 19.2. The molecule has 0 saturated heterocycles. The third-order valence-electron chi connectivity index (χ3n) is 4.42. The maximum Gasteiger partial charge on any atom is 0.302 e. The molecular weight excluding hydrogens is 436 g/mol. The number of hydrogen-bond acceptors (Lipinski definition) is 7. The molecule has 2 rings (SSSR count). The first-order valence-corrected chi connectivity index (χ1v) is 10.1. The summed E-state index contributed by atoms with van der Waals surface area (Å²) in [7, 11) is 1.36. The molecule has 0 radical (unpaired) electrons. The lowest BCUT2D eigenvalue weighted by Gasteiger charge is -2.17. The van der Waals surface area contributed by atoms with E-state index >= 15 is 0 Å². The number of pyridine rings is 1. The molecule has 33 heavy (non-hydrogen) atoms. The molecule has 0 unspecified atom stereocenters. The lowest BCUT2D eigenvalue weighted by Crippen LogP contribution is -2.27. The van der Waals surface area contributed by atoms with Crippen LogP contribution in [-0.4, -0.2) is 46.4 Å². The SMILES string of the molecule is C=C(C)C(F)(F)COc1ccc(CNC(=O)c2cc(C)nc(NC(=O)C(C)C)n2)c(OC)n1. The fraction of sp³-hybridized carbons (Fsp3) is 0.409. The summed E-state index contributed by atoms with van der Waals surface area (Å²) in [5, 5.41) is 5.24. The van der Waals surface area contributed by atoms with Crippen molar-refractivity contribution in [3.63, 3.8) is 0 Å². The Morgan fingerprint density at radius 2 is 1.91 bits per heavy atom. The Balaban J connectivity index is 2.08. The number of aromatic nitrogens is 3. The van der Waals surface area contributed by atoms with Crippen LogP contribution in [0.25, 0.3) is 0 Å². The van der Waals surface area contributed by atoms with Gasteiger partial charge in [-0.1, -0.05) is 20.4 Å². The van der Waals surface area contributed by atoms with Crippen molar-refractivity contribution in [3.05, 3.63) is 47.3 Å². The largest absolute Gasteiger partial charge is 0.481 e. The maximum absolute atomic E-state index is 13.7. The van der Waals surface area contributed by atoms with Gasteiger partial charge in [-0.2, -0.15) is 13.8 Å². The number of halogens is 2. The molecule has 0 atom stereocenters. The van der Waals surface area contributed by atoms with Crippen LogP contribution in [0.15, 0.2) is 30.4 Å². The molecule has 9 nitrogen and oxygen atoms in total. The average molecular weight is 463 g/mol. The molecule has 0 bridgehead atoms. The van der Waals surface area contributed by atoms with Crippen LogP contribution in [0, 0.1) is 12.8 Å². The Hall–Kier alpha value is -3.63. The van der Waals surface area contributed by atoms with E-state index in [0.29, 0.717) is 11.3 Å². The highest BCUT2D eigenvalue weighted by atomic mass is 19.3. The zero-order valence-electron chi connectivity index (χ0n) is 19.2. The quantitative estimate of drug-likeness (QED) is 0.520. The summed E-state index contributed by atoms with van der Waals surface area (Å²) in [6.07, 6.45) is 0. The van der Waals surface area contributed by atoms with Crippen LogP contribution in [0.1, 0.15) is 42.5 Å². The average Bonchev–Trinajstić information content (AvgIpc) is 2.75. The molecular formula is C22H27F2N5O4. The molecule has 2 heterocycles. The number of carbonyl (C=O) groups is 2. The highest BCUT2D eigenvalue weighted by Gasteiger charge is 2.31. The van der Waals surface area contributed by atoms with Crippen molar-refractivity contribution in [1.82, 2.24) is 20.3 Å². The second-order valence-corrected chi connectivity index (χ2v) is 7.64. The lowest BCUT2D eigenvalue weighted by molar-refractivity contribution is -0.118. The van der Waals surface area contributed by atoms with Gasteiger partial charge in [-0.3, -0.25) is 14.9 Å². The maximum atomic E-state index is 13.7. The minimum Gasteiger partial charge on any atom is -0.481 e. The van der Waals surface area contributed by atoms with E-state index in [1.54, 1.807) is 26.8 Å². The van der Waals surface area contributed by atoms with E-state index in [0.717, 1.165) is 0 Å². The minimum atomic E-state index is -3.19. The third-order valence-corrected chi connectivity index (χ3v) is 4.42. The number of rotatable bonds is 10. The van der Waals surface area contributed by atoms with Crippen LogP contribution in [-0.2, 0) is 11.3 Å². The van der Waals surface area contributed by atoms with Crippen LogP contribution in [0.4, 0.5) is 14.7 Å². The van der Waals surface area contributed by atoms with E-state index < -0.39 is 18.4 Å². The number of carbonyl (C=O) groups excluding carboxylic acids is 2. The first-order chi connectivity index (χ1) is 15.4. The molecule has 2 amide bonds. The van der Waals surface area contributed by atoms with Gasteiger partial charge in [0.1, 0.15) is 5.69 Å². The number of nitrogens with zero attached hydrogens (tertiary/aromatic N) is 3. The topological polar surface area (TPSA) is 115 Å². The summed E-state index contributed by atoms with van der Waals surface area (Å²) in [4.78, 5) is 36.7. The second-order valence-electron chi connectivity index (χ2n) is 7.64. The Labute approximate surface area is 190 Å². The van der Waals surface area contributed by atoms with Gasteiger partial charge in [-0.05, 0) is 31.6 Å². The molecule has 0 fully saturated rings. The van der Waals surface area contributed by atoms with Crippen molar-refractivity contribution in [2.45, 2.75) is 40.2 Å². The van der Waals surface area contributed by atoms with E-state index in [1.165, 1.54) is 26.2 Å². The van der Waals surface area contributed by atoms with Gasteiger partial charge in [0.2, 0.25) is 23.6 Å². The van der Waals surface area contributed by atoms with E-state index in [2.05, 4.69) is 32.2 Å². The van der Waals surface area contributed by atoms with E-state index in [1.807, 2.05) is 0 Å². The first kappa shape index (κ1) is 25.6. The smallest absolute Gasteiger partial charge is 0.302 e. The van der Waals surface area contributed by atoms with Gasteiger partial charge >= 0.3 is 5.92 Å². The number of anilines is 1. The number of nitrogens with one attached hydrogen (secondary N) is 2. The predicted molar refractivity (Wildman–Crippen MR) is 117 cm³/mol. The van der Waals surface area contributed by atoms with Gasteiger partial charge in [0.05, 0.1) is 7.11 Å². The van der Waals surface area contributed by atoms with Crippen LogP contribution in [0.2, 0.25) is 0 Å². The van der Waals surface area contributed by atoms with E-state index in [-0.39, 0.29) is 47.3 Å². The van der Waals surface area contributed by atoms with Crippen molar-refractivity contribution in [2.24, 2.45) is 5.92 Å². The highest BCUT2D eigenvalue weighted by Crippen LogP contribution is 2.25. The summed E-state index contributed by atoms with van der Waals surface area (Å²) in [5.41, 5.74) is 0.738. The number of methoxy groups -OCH3 is 1. The Morgan fingerprint density at radius 1 is 1.21 bits per heavy atom. The van der Waals surface area contributed by atoms with E-state index in [9.17, 15) is 18.4 Å². The third kappa shape index (κ3) is 7.19. The highest BCUT2D eigenvalue weighted by molar-refractivity contribution is 5.94. The fourth-order valence-corrected chi connectivity index (χ4v) is 2.39. The van der Waals surface area contributed by atoms with Gasteiger partial charge in [-0.25, -0.2) is 9.97 Å². The Bertz CT molecular complexity index is 1040. The molecule has 2 aromatic rings. The van der Waals surface area contributed by atoms with Gasteiger partial charge in [0.25, 0.3) is 5.91 Å². The van der Waals surface area contributed by atoms with Crippen LogP contribution < -0.4 is 20.1 Å². The summed E-state index contributed by atoms with van der Waals surface area (Å²) >= 11 is 0.